The summed E-state index contributed by atoms with van der Waals surface area (Å²) in [5, 5.41) is 0. The van der Waals surface area contributed by atoms with Crippen LogP contribution in [-0.2, 0) is 7.05 Å². The monoisotopic (exact) mass is 1120 g/mol. The summed E-state index contributed by atoms with van der Waals surface area (Å²) in [7, 11) is 16.8. The molecule has 80 heavy (non-hydrogen) atoms. The Balaban J connectivity index is -0.000000130. The lowest BCUT2D eigenvalue weighted by Crippen LogP contribution is -2.31. The van der Waals surface area contributed by atoms with Crippen LogP contribution >= 0.6 is 0 Å². The highest BCUT2D eigenvalue weighted by atomic mass is 16.5. The number of pyridine rings is 4. The molecule has 0 aliphatic heterocycles. The molecule has 4 amide bonds. The van der Waals surface area contributed by atoms with Gasteiger partial charge in [-0.3, -0.25) is 33.9 Å². The van der Waals surface area contributed by atoms with E-state index in [1.165, 1.54) is 57.0 Å². The van der Waals surface area contributed by atoms with Gasteiger partial charge < -0.3 is 28.9 Å². The van der Waals surface area contributed by atoms with Crippen LogP contribution in [0.25, 0.3) is 0 Å². The van der Waals surface area contributed by atoms with Crippen molar-refractivity contribution < 1.29 is 23.9 Å². The Morgan fingerprint density at radius 3 is 1.11 bits per heavy atom. The summed E-state index contributed by atoms with van der Waals surface area (Å²) in [5.74, 6) is 1.44. The molecule has 0 fully saturated rings. The van der Waals surface area contributed by atoms with Gasteiger partial charge in [0.2, 0.25) is 5.88 Å². The number of aryl methyl sites for hydroxylation is 1. The molecule has 0 spiro atoms. The summed E-state index contributed by atoms with van der Waals surface area (Å²) in [6.45, 7) is 49.6. The molecule has 4 heterocycles. The minimum Gasteiger partial charge on any atom is -0.480 e. The minimum atomic E-state index is -0.247. The molecule has 0 bridgehead atoms. The third-order valence-corrected chi connectivity index (χ3v) is 9.03. The van der Waals surface area contributed by atoms with Gasteiger partial charge in [-0.25, -0.2) is 4.98 Å². The Labute approximate surface area is 493 Å². The SMILES string of the molecule is CC.CC.CC.CC.CC(C)c1cc(C(=O)N(C)C)c(=O)n(C)c1.CC(C)c1ccc(C(=O)N(C)C)nc1.CC(C)c1ccnc(C(=O)N(C)C)c1.CCC.CCC.CCC.CCC.COc1ncc(C(C)C)cc1C(=O)N(C)C. The van der Waals surface area contributed by atoms with Gasteiger partial charge >= 0.3 is 0 Å². The maximum atomic E-state index is 11.9. The van der Waals surface area contributed by atoms with Gasteiger partial charge in [0, 0.05) is 88.2 Å². The van der Waals surface area contributed by atoms with Crippen molar-refractivity contribution in [1.29, 1.82) is 0 Å². The molecule has 4 aromatic rings. The van der Waals surface area contributed by atoms with Gasteiger partial charge in [0.1, 0.15) is 22.5 Å². The fraction of sp³-hybridized carbons (Fsp3) is 0.636. The van der Waals surface area contributed by atoms with Crippen LogP contribution in [0.15, 0.2) is 66.0 Å². The molecule has 14 heteroatoms. The van der Waals surface area contributed by atoms with E-state index in [0.29, 0.717) is 46.5 Å². The summed E-state index contributed by atoms with van der Waals surface area (Å²) in [6.07, 6.45) is 12.0. The van der Waals surface area contributed by atoms with E-state index >= 15 is 0 Å². The Hall–Kier alpha value is -5.92. The van der Waals surface area contributed by atoms with E-state index in [2.05, 4.69) is 112 Å². The van der Waals surface area contributed by atoms with Crippen molar-refractivity contribution in [3.05, 3.63) is 116 Å². The molecule has 0 aliphatic rings. The van der Waals surface area contributed by atoms with E-state index in [1.54, 1.807) is 100 Å². The number of hydrogen-bond acceptors (Lipinski definition) is 9. The van der Waals surface area contributed by atoms with Gasteiger partial charge in [0.25, 0.3) is 29.2 Å². The van der Waals surface area contributed by atoms with Crippen LogP contribution in [0.3, 0.4) is 0 Å². The summed E-state index contributed by atoms with van der Waals surface area (Å²) < 4.78 is 6.56. The van der Waals surface area contributed by atoms with Crippen LogP contribution in [0.4, 0.5) is 0 Å². The number of nitrogens with zero attached hydrogens (tertiary/aromatic N) is 8. The van der Waals surface area contributed by atoms with Gasteiger partial charge in [-0.05, 0) is 76.3 Å². The highest BCUT2D eigenvalue weighted by Crippen LogP contribution is 2.22. The summed E-state index contributed by atoms with van der Waals surface area (Å²) in [4.78, 5) is 76.9. The third-order valence-electron chi connectivity index (χ3n) is 9.03. The molecule has 0 radical (unpaired) electrons. The Bertz CT molecular complexity index is 2150. The first-order valence-electron chi connectivity index (χ1n) is 29.5. The van der Waals surface area contributed by atoms with Crippen LogP contribution in [0.1, 0.15) is 279 Å². The molecular formula is C66H124N8O6. The number of carbonyl (C=O) groups is 4. The van der Waals surface area contributed by atoms with Gasteiger partial charge in [0.15, 0.2) is 0 Å². The van der Waals surface area contributed by atoms with Gasteiger partial charge in [-0.1, -0.05) is 198 Å². The Kier molecular flexibility index (Phi) is 65.4. The fourth-order valence-corrected chi connectivity index (χ4v) is 5.04. The quantitative estimate of drug-likeness (QED) is 0.159. The number of amides is 4. The topological polar surface area (TPSA) is 151 Å². The third kappa shape index (κ3) is 42.0. The van der Waals surface area contributed by atoms with Gasteiger partial charge in [0.05, 0.1) is 7.11 Å². The zero-order chi connectivity index (χ0) is 65.0. The number of rotatable bonds is 9. The van der Waals surface area contributed by atoms with Crippen molar-refractivity contribution in [3.63, 3.8) is 0 Å². The van der Waals surface area contributed by atoms with Crippen LogP contribution < -0.4 is 10.3 Å². The molecule has 4 aromatic heterocycles. The number of aromatic nitrogens is 4. The van der Waals surface area contributed by atoms with Crippen molar-refractivity contribution in [2.45, 2.75) is 216 Å². The number of carbonyl (C=O) groups excluding carboxylic acids is 4. The van der Waals surface area contributed by atoms with Gasteiger partial charge in [-0.15, -0.1) is 0 Å². The van der Waals surface area contributed by atoms with Gasteiger partial charge in [-0.2, -0.15) is 0 Å². The zero-order valence-corrected chi connectivity index (χ0v) is 57.9. The average molecular weight is 1130 g/mol. The molecular weight excluding hydrogens is 1000 g/mol. The summed E-state index contributed by atoms with van der Waals surface area (Å²) in [6, 6.07) is 11.1. The lowest BCUT2D eigenvalue weighted by atomic mass is 10.0. The Morgan fingerprint density at radius 1 is 0.450 bits per heavy atom. The molecule has 0 N–H and O–H groups in total. The van der Waals surface area contributed by atoms with E-state index in [1.807, 2.05) is 93.5 Å². The molecule has 0 saturated heterocycles. The largest absolute Gasteiger partial charge is 0.480 e. The minimum absolute atomic E-state index is 0.0486. The second-order valence-corrected chi connectivity index (χ2v) is 19.1. The van der Waals surface area contributed by atoms with E-state index in [9.17, 15) is 24.0 Å². The van der Waals surface area contributed by atoms with Crippen LogP contribution in [0, 0.1) is 0 Å². The first kappa shape index (κ1) is 90.6. The lowest BCUT2D eigenvalue weighted by molar-refractivity contribution is 0.0815. The second kappa shape index (κ2) is 57.8. The molecule has 0 aliphatic carbocycles. The maximum Gasteiger partial charge on any atom is 0.271 e. The first-order chi connectivity index (χ1) is 37.5. The predicted octanol–water partition coefficient (Wildman–Crippen LogP) is 16.7. The van der Waals surface area contributed by atoms with Crippen molar-refractivity contribution in [2.24, 2.45) is 7.05 Å². The molecule has 0 atom stereocenters. The zero-order valence-electron chi connectivity index (χ0n) is 57.9. The number of hydrogen-bond donors (Lipinski definition) is 0. The lowest BCUT2D eigenvalue weighted by Gasteiger charge is -2.14. The number of ether oxygens (including phenoxy) is 1. The second-order valence-electron chi connectivity index (χ2n) is 19.1. The molecule has 14 nitrogen and oxygen atoms in total. The van der Waals surface area contributed by atoms with Crippen molar-refractivity contribution >= 4 is 23.6 Å². The standard InChI is InChI=1S/2C12H18N2O2.2C11H16N2O.4C3H8.4C2H6/c1-8(2)9-6-10(12(15)14(3)4)11(16-5)13-7-9;1-8(2)9-6-10(11(15)13(3)4)12(16)14(5)7-9;1-8(2)9-5-6-12-10(7-9)11(14)13(3)4;1-8(2)9-5-6-10(12-7-9)11(14)13(3)4;4*1-3-2;4*1-2/h2*6-8H,1-5H3;2*5-8H,1-4H3;4*3H2,1-2H3;4*1-2H3. The molecule has 0 aromatic carbocycles. The molecule has 0 saturated carbocycles. The summed E-state index contributed by atoms with van der Waals surface area (Å²) in [5.41, 5.74) is 5.84. The van der Waals surface area contributed by atoms with Crippen LogP contribution in [0.2, 0.25) is 0 Å². The van der Waals surface area contributed by atoms with Crippen LogP contribution in [-0.4, -0.2) is 126 Å². The van der Waals surface area contributed by atoms with Crippen LogP contribution in [0.5, 0.6) is 5.88 Å². The maximum absolute atomic E-state index is 11.9. The smallest absolute Gasteiger partial charge is 0.271 e. The summed E-state index contributed by atoms with van der Waals surface area (Å²) >= 11 is 0. The highest BCUT2D eigenvalue weighted by molar-refractivity contribution is 5.96. The van der Waals surface area contributed by atoms with E-state index in [0.717, 1.165) is 22.3 Å². The van der Waals surface area contributed by atoms with E-state index < -0.39 is 0 Å². The molecule has 4 rings (SSSR count). The van der Waals surface area contributed by atoms with Crippen molar-refractivity contribution in [2.75, 3.05) is 63.5 Å². The fourth-order valence-electron chi connectivity index (χ4n) is 5.04. The average Bonchev–Trinajstić information content (AvgIpc) is 3.44. The molecule has 0 unspecified atom stereocenters. The Morgan fingerprint density at radius 2 is 0.787 bits per heavy atom. The number of methoxy groups -OCH3 is 1. The predicted molar refractivity (Wildman–Crippen MR) is 349 cm³/mol. The molecule has 464 valence electrons. The van der Waals surface area contributed by atoms with Crippen molar-refractivity contribution in [1.82, 2.24) is 39.1 Å². The first-order valence-corrected chi connectivity index (χ1v) is 29.5. The highest BCUT2D eigenvalue weighted by Gasteiger charge is 2.18. The van der Waals surface area contributed by atoms with E-state index in [4.69, 9.17) is 4.74 Å². The normalized spacial score (nSPS) is 9.03. The van der Waals surface area contributed by atoms with Crippen molar-refractivity contribution in [3.8, 4) is 5.88 Å². The van der Waals surface area contributed by atoms with E-state index in [-0.39, 0.29) is 34.8 Å².